The number of pyridine rings is 1. The van der Waals surface area contributed by atoms with Gasteiger partial charge >= 0.3 is 5.97 Å². The zero-order valence-electron chi connectivity index (χ0n) is 11.5. The molecule has 20 heavy (non-hydrogen) atoms. The zero-order chi connectivity index (χ0) is 14.5. The van der Waals surface area contributed by atoms with Gasteiger partial charge in [-0.3, -0.25) is 4.98 Å². The summed E-state index contributed by atoms with van der Waals surface area (Å²) in [6.07, 6.45) is 0. The van der Waals surface area contributed by atoms with Crippen LogP contribution >= 0.6 is 0 Å². The number of rotatable bonds is 4. The zero-order valence-corrected chi connectivity index (χ0v) is 11.5. The number of nitrogens with one attached hydrogen (secondary N) is 1. The summed E-state index contributed by atoms with van der Waals surface area (Å²) in [5, 5.41) is 3.18. The van der Waals surface area contributed by atoms with E-state index in [0.717, 1.165) is 11.4 Å². The maximum atomic E-state index is 11.5. The number of hydrogen-bond acceptors (Lipinski definition) is 5. The standard InChI is InChI=1S/C15H17N3O2/c1-10-4-3-5-12(18-10)9-17-14-8-11(15(19)20-2)6-7-13(14)16/h3-8,17H,9,16H2,1-2H3. The largest absolute Gasteiger partial charge is 0.465 e. The molecule has 2 rings (SSSR count). The van der Waals surface area contributed by atoms with Gasteiger partial charge in [-0.25, -0.2) is 4.79 Å². The number of anilines is 2. The van der Waals surface area contributed by atoms with Gasteiger partial charge in [0.1, 0.15) is 0 Å². The lowest BCUT2D eigenvalue weighted by Gasteiger charge is -2.10. The van der Waals surface area contributed by atoms with E-state index < -0.39 is 0 Å². The third kappa shape index (κ3) is 3.26. The van der Waals surface area contributed by atoms with E-state index in [0.29, 0.717) is 23.5 Å². The molecule has 3 N–H and O–H groups in total. The van der Waals surface area contributed by atoms with Crippen LogP contribution < -0.4 is 11.1 Å². The van der Waals surface area contributed by atoms with Gasteiger partial charge in [0.15, 0.2) is 0 Å². The molecule has 0 spiro atoms. The highest BCUT2D eigenvalue weighted by Gasteiger charge is 2.08. The highest BCUT2D eigenvalue weighted by atomic mass is 16.5. The monoisotopic (exact) mass is 271 g/mol. The number of aromatic nitrogens is 1. The summed E-state index contributed by atoms with van der Waals surface area (Å²) in [5.41, 5.74) is 9.48. The maximum Gasteiger partial charge on any atom is 0.337 e. The van der Waals surface area contributed by atoms with Gasteiger partial charge in [0, 0.05) is 5.69 Å². The second-order valence-electron chi connectivity index (χ2n) is 4.42. The van der Waals surface area contributed by atoms with Gasteiger partial charge in [0.2, 0.25) is 0 Å². The molecule has 0 amide bonds. The fourth-order valence-corrected chi connectivity index (χ4v) is 1.84. The topological polar surface area (TPSA) is 77.2 Å². The van der Waals surface area contributed by atoms with E-state index in [4.69, 9.17) is 5.73 Å². The molecule has 0 fully saturated rings. The summed E-state index contributed by atoms with van der Waals surface area (Å²) in [7, 11) is 1.35. The molecule has 0 unspecified atom stereocenters. The van der Waals surface area contributed by atoms with Crippen LogP contribution in [0.5, 0.6) is 0 Å². The fraction of sp³-hybridized carbons (Fsp3) is 0.200. The fourth-order valence-electron chi connectivity index (χ4n) is 1.84. The molecular formula is C15H17N3O2. The van der Waals surface area contributed by atoms with E-state index >= 15 is 0 Å². The summed E-state index contributed by atoms with van der Waals surface area (Å²) >= 11 is 0. The van der Waals surface area contributed by atoms with Crippen molar-refractivity contribution >= 4 is 17.3 Å². The van der Waals surface area contributed by atoms with Crippen molar-refractivity contribution in [2.75, 3.05) is 18.2 Å². The normalized spacial score (nSPS) is 10.1. The van der Waals surface area contributed by atoms with Crippen LogP contribution in [0.4, 0.5) is 11.4 Å². The summed E-state index contributed by atoms with van der Waals surface area (Å²) in [5.74, 6) is -0.387. The average molecular weight is 271 g/mol. The number of carbonyl (C=O) groups excluding carboxylic acids is 1. The van der Waals surface area contributed by atoms with Crippen LogP contribution in [0.3, 0.4) is 0 Å². The molecule has 0 aliphatic heterocycles. The molecular weight excluding hydrogens is 254 g/mol. The Kier molecular flexibility index (Phi) is 4.20. The number of methoxy groups -OCH3 is 1. The Hall–Kier alpha value is -2.56. The summed E-state index contributed by atoms with van der Waals surface area (Å²) in [4.78, 5) is 15.9. The van der Waals surface area contributed by atoms with Crippen molar-refractivity contribution in [3.63, 3.8) is 0 Å². The number of hydrogen-bond donors (Lipinski definition) is 2. The number of nitrogen functional groups attached to an aromatic ring is 1. The number of nitrogens with two attached hydrogens (primary N) is 1. The molecule has 2 aromatic rings. The lowest BCUT2D eigenvalue weighted by Crippen LogP contribution is -2.07. The maximum absolute atomic E-state index is 11.5. The quantitative estimate of drug-likeness (QED) is 0.659. The third-order valence-electron chi connectivity index (χ3n) is 2.88. The third-order valence-corrected chi connectivity index (χ3v) is 2.88. The summed E-state index contributed by atoms with van der Waals surface area (Å²) in [6.45, 7) is 2.48. The number of aryl methyl sites for hydroxylation is 1. The molecule has 0 saturated heterocycles. The molecule has 1 aromatic heterocycles. The summed E-state index contributed by atoms with van der Waals surface area (Å²) < 4.78 is 4.69. The van der Waals surface area contributed by atoms with E-state index in [9.17, 15) is 4.79 Å². The molecule has 0 bridgehead atoms. The Bertz CT molecular complexity index is 626. The second kappa shape index (κ2) is 6.06. The minimum Gasteiger partial charge on any atom is -0.465 e. The van der Waals surface area contributed by atoms with Gasteiger partial charge in [0.25, 0.3) is 0 Å². The Morgan fingerprint density at radius 2 is 2.15 bits per heavy atom. The molecule has 0 atom stereocenters. The van der Waals surface area contributed by atoms with E-state index in [1.54, 1.807) is 18.2 Å². The number of nitrogens with zero attached hydrogens (tertiary/aromatic N) is 1. The Balaban J connectivity index is 2.14. The Morgan fingerprint density at radius 3 is 2.85 bits per heavy atom. The predicted molar refractivity (Wildman–Crippen MR) is 78.5 cm³/mol. The van der Waals surface area contributed by atoms with Gasteiger partial charge < -0.3 is 15.8 Å². The summed E-state index contributed by atoms with van der Waals surface area (Å²) in [6, 6.07) is 10.8. The van der Waals surface area contributed by atoms with Crippen molar-refractivity contribution in [3.8, 4) is 0 Å². The first kappa shape index (κ1) is 13.9. The van der Waals surface area contributed by atoms with Gasteiger partial charge in [-0.1, -0.05) is 6.07 Å². The van der Waals surface area contributed by atoms with E-state index in [1.807, 2.05) is 25.1 Å². The van der Waals surface area contributed by atoms with Gasteiger partial charge in [-0.05, 0) is 37.3 Å². The number of ether oxygens (including phenoxy) is 1. The SMILES string of the molecule is COC(=O)c1ccc(N)c(NCc2cccc(C)n2)c1. The van der Waals surface area contributed by atoms with Crippen molar-refractivity contribution in [3.05, 3.63) is 53.3 Å². The van der Waals surface area contributed by atoms with Crippen molar-refractivity contribution in [2.24, 2.45) is 0 Å². The first-order chi connectivity index (χ1) is 9.60. The average Bonchev–Trinajstić information content (AvgIpc) is 2.45. The van der Waals surface area contributed by atoms with Crippen LogP contribution in [-0.4, -0.2) is 18.1 Å². The van der Waals surface area contributed by atoms with Crippen molar-refractivity contribution in [2.45, 2.75) is 13.5 Å². The molecule has 1 aromatic carbocycles. The highest BCUT2D eigenvalue weighted by Crippen LogP contribution is 2.21. The first-order valence-corrected chi connectivity index (χ1v) is 6.24. The lowest BCUT2D eigenvalue weighted by molar-refractivity contribution is 0.0601. The molecule has 104 valence electrons. The van der Waals surface area contributed by atoms with Crippen molar-refractivity contribution < 1.29 is 9.53 Å². The molecule has 5 heteroatoms. The molecule has 1 heterocycles. The van der Waals surface area contributed by atoms with Crippen molar-refractivity contribution in [1.29, 1.82) is 0 Å². The molecule has 0 aliphatic carbocycles. The Morgan fingerprint density at radius 1 is 1.35 bits per heavy atom. The van der Waals surface area contributed by atoms with Crippen LogP contribution in [0.1, 0.15) is 21.7 Å². The molecule has 0 saturated carbocycles. The Labute approximate surface area is 117 Å². The highest BCUT2D eigenvalue weighted by molar-refractivity contribution is 5.91. The molecule has 0 aliphatic rings. The van der Waals surface area contributed by atoms with Crippen LogP contribution in [-0.2, 0) is 11.3 Å². The number of benzene rings is 1. The van der Waals surface area contributed by atoms with Gasteiger partial charge in [-0.15, -0.1) is 0 Å². The van der Waals surface area contributed by atoms with Crippen LogP contribution in [0.25, 0.3) is 0 Å². The minimum absolute atomic E-state index is 0.387. The minimum atomic E-state index is -0.387. The van der Waals surface area contributed by atoms with Gasteiger partial charge in [-0.2, -0.15) is 0 Å². The van der Waals surface area contributed by atoms with Crippen molar-refractivity contribution in [1.82, 2.24) is 4.98 Å². The van der Waals surface area contributed by atoms with Crippen LogP contribution in [0, 0.1) is 6.92 Å². The first-order valence-electron chi connectivity index (χ1n) is 6.24. The predicted octanol–water partition coefficient (Wildman–Crippen LogP) is 2.37. The van der Waals surface area contributed by atoms with Crippen LogP contribution in [0.15, 0.2) is 36.4 Å². The van der Waals surface area contributed by atoms with E-state index in [1.165, 1.54) is 7.11 Å². The molecule has 0 radical (unpaired) electrons. The number of carbonyl (C=O) groups is 1. The van der Waals surface area contributed by atoms with Gasteiger partial charge in [0.05, 0.1) is 36.3 Å². The second-order valence-corrected chi connectivity index (χ2v) is 4.42. The number of esters is 1. The van der Waals surface area contributed by atoms with E-state index in [2.05, 4.69) is 15.0 Å². The van der Waals surface area contributed by atoms with E-state index in [-0.39, 0.29) is 5.97 Å². The smallest absolute Gasteiger partial charge is 0.337 e. The molecule has 5 nitrogen and oxygen atoms in total. The van der Waals surface area contributed by atoms with Crippen LogP contribution in [0.2, 0.25) is 0 Å². The lowest BCUT2D eigenvalue weighted by atomic mass is 10.1.